The van der Waals surface area contributed by atoms with E-state index in [-0.39, 0.29) is 0 Å². The van der Waals surface area contributed by atoms with Gasteiger partial charge in [-0.15, -0.1) is 0 Å². The normalized spacial score (nSPS) is 13.2. The predicted molar refractivity (Wildman–Crippen MR) is 56.0 cm³/mol. The maximum absolute atomic E-state index is 5.54. The second-order valence-electron chi connectivity index (χ2n) is 3.52. The molecule has 0 spiro atoms. The Morgan fingerprint density at radius 3 is 2.46 bits per heavy atom. The molecule has 0 fully saturated rings. The molecule has 0 radical (unpaired) electrons. The van der Waals surface area contributed by atoms with Gasteiger partial charge in [0.2, 0.25) is 0 Å². The zero-order valence-electron chi connectivity index (χ0n) is 9.34. The molecule has 13 heavy (non-hydrogen) atoms. The van der Waals surface area contributed by atoms with Gasteiger partial charge in [-0.2, -0.15) is 0 Å². The predicted octanol–water partition coefficient (Wildman–Crippen LogP) is 3.01. The van der Waals surface area contributed by atoms with Crippen molar-refractivity contribution in [2.75, 3.05) is 20.3 Å². The smallest absolute Gasteiger partial charge is 0.0703 e. The molecular weight excluding hydrogens is 164 g/mol. The second-order valence-corrected chi connectivity index (χ2v) is 3.52. The first-order valence-electron chi connectivity index (χ1n) is 5.41. The molecule has 0 rings (SSSR count). The monoisotopic (exact) mass is 188 g/mol. The molecule has 0 heterocycles. The highest BCUT2D eigenvalue weighted by Gasteiger charge is 2.00. The number of hydrogen-bond donors (Lipinski definition) is 0. The molecule has 0 N–H and O–H groups in total. The summed E-state index contributed by atoms with van der Waals surface area (Å²) < 4.78 is 10.4. The molecule has 0 bridgehead atoms. The van der Waals surface area contributed by atoms with Crippen molar-refractivity contribution >= 4 is 0 Å². The van der Waals surface area contributed by atoms with E-state index < -0.39 is 0 Å². The van der Waals surface area contributed by atoms with Crippen LogP contribution in [0.4, 0.5) is 0 Å². The second kappa shape index (κ2) is 10.0. The van der Waals surface area contributed by atoms with Crippen LogP contribution >= 0.6 is 0 Å². The third-order valence-electron chi connectivity index (χ3n) is 2.15. The van der Waals surface area contributed by atoms with Crippen LogP contribution in [0.5, 0.6) is 0 Å². The van der Waals surface area contributed by atoms with Gasteiger partial charge in [0.15, 0.2) is 0 Å². The van der Waals surface area contributed by atoms with E-state index in [4.69, 9.17) is 9.47 Å². The summed E-state index contributed by atoms with van der Waals surface area (Å²) in [6.45, 7) is 5.81. The highest BCUT2D eigenvalue weighted by atomic mass is 16.5. The average Bonchev–Trinajstić information content (AvgIpc) is 2.13. The summed E-state index contributed by atoms with van der Waals surface area (Å²) in [5.41, 5.74) is 0. The Morgan fingerprint density at radius 2 is 1.85 bits per heavy atom. The van der Waals surface area contributed by atoms with E-state index in [1.165, 1.54) is 32.1 Å². The van der Waals surface area contributed by atoms with Gasteiger partial charge < -0.3 is 9.47 Å². The highest BCUT2D eigenvalue weighted by molar-refractivity contribution is 4.51. The summed E-state index contributed by atoms with van der Waals surface area (Å²) in [6.07, 6.45) is 6.87. The number of unbranched alkanes of at least 4 members (excludes halogenated alkanes) is 3. The minimum atomic E-state index is 0.395. The van der Waals surface area contributed by atoms with Gasteiger partial charge in [0.05, 0.1) is 19.3 Å². The van der Waals surface area contributed by atoms with E-state index in [9.17, 15) is 0 Å². The van der Waals surface area contributed by atoms with Crippen LogP contribution in [0.2, 0.25) is 0 Å². The molecule has 0 amide bonds. The van der Waals surface area contributed by atoms with Gasteiger partial charge in [0, 0.05) is 7.11 Å². The average molecular weight is 188 g/mol. The van der Waals surface area contributed by atoms with Crippen molar-refractivity contribution in [2.45, 2.75) is 52.1 Å². The molecule has 0 aliphatic rings. The molecule has 0 aliphatic heterocycles. The molecule has 0 aromatic rings. The zero-order chi connectivity index (χ0) is 9.94. The summed E-state index contributed by atoms with van der Waals surface area (Å²) in [5, 5.41) is 0. The van der Waals surface area contributed by atoms with Gasteiger partial charge in [-0.05, 0) is 13.3 Å². The first kappa shape index (κ1) is 12.9. The number of hydrogen-bond acceptors (Lipinski definition) is 2. The maximum atomic E-state index is 5.54. The quantitative estimate of drug-likeness (QED) is 0.518. The molecule has 1 atom stereocenters. The first-order valence-corrected chi connectivity index (χ1v) is 5.41. The van der Waals surface area contributed by atoms with Crippen LogP contribution in [0.15, 0.2) is 0 Å². The van der Waals surface area contributed by atoms with Crippen LogP contribution in [-0.2, 0) is 9.47 Å². The Morgan fingerprint density at radius 1 is 1.08 bits per heavy atom. The van der Waals surface area contributed by atoms with Crippen LogP contribution in [0.25, 0.3) is 0 Å². The van der Waals surface area contributed by atoms with E-state index in [0.717, 1.165) is 6.61 Å². The van der Waals surface area contributed by atoms with Crippen molar-refractivity contribution in [2.24, 2.45) is 0 Å². The molecule has 0 aromatic heterocycles. The van der Waals surface area contributed by atoms with Crippen molar-refractivity contribution in [3.8, 4) is 0 Å². The Labute approximate surface area is 82.6 Å². The lowest BCUT2D eigenvalue weighted by molar-refractivity contribution is 0.0214. The molecule has 0 saturated carbocycles. The summed E-state index contributed by atoms with van der Waals surface area (Å²) in [4.78, 5) is 0. The van der Waals surface area contributed by atoms with Crippen molar-refractivity contribution < 1.29 is 9.47 Å². The van der Waals surface area contributed by atoms with Crippen molar-refractivity contribution in [3.05, 3.63) is 0 Å². The minimum absolute atomic E-state index is 0.395. The number of rotatable bonds is 9. The lowest BCUT2D eigenvalue weighted by Crippen LogP contribution is -2.12. The molecule has 80 valence electrons. The first-order chi connectivity index (χ1) is 6.31. The van der Waals surface area contributed by atoms with Crippen molar-refractivity contribution in [3.63, 3.8) is 0 Å². The lowest BCUT2D eigenvalue weighted by Gasteiger charge is -2.12. The third kappa shape index (κ3) is 9.84. The van der Waals surface area contributed by atoms with Gasteiger partial charge in [-0.3, -0.25) is 0 Å². The Kier molecular flexibility index (Phi) is 9.94. The molecule has 2 heteroatoms. The fourth-order valence-electron chi connectivity index (χ4n) is 1.27. The fourth-order valence-corrected chi connectivity index (χ4v) is 1.27. The minimum Gasteiger partial charge on any atom is -0.382 e. The van der Waals surface area contributed by atoms with Crippen molar-refractivity contribution in [1.29, 1.82) is 0 Å². The SMILES string of the molecule is CCCCCCC(C)OCCOC. The topological polar surface area (TPSA) is 18.5 Å². The summed E-state index contributed by atoms with van der Waals surface area (Å²) in [6, 6.07) is 0. The maximum Gasteiger partial charge on any atom is 0.0703 e. The van der Waals surface area contributed by atoms with E-state index >= 15 is 0 Å². The van der Waals surface area contributed by atoms with Gasteiger partial charge in [0.25, 0.3) is 0 Å². The summed E-state index contributed by atoms with van der Waals surface area (Å²) >= 11 is 0. The van der Waals surface area contributed by atoms with Gasteiger partial charge in [-0.1, -0.05) is 32.6 Å². The van der Waals surface area contributed by atoms with Crippen LogP contribution in [-0.4, -0.2) is 26.4 Å². The molecule has 2 nitrogen and oxygen atoms in total. The van der Waals surface area contributed by atoms with E-state index in [0.29, 0.717) is 12.7 Å². The molecule has 0 saturated heterocycles. The van der Waals surface area contributed by atoms with E-state index in [2.05, 4.69) is 13.8 Å². The lowest BCUT2D eigenvalue weighted by atomic mass is 10.1. The standard InChI is InChI=1S/C11H24O2/c1-4-5-6-7-8-11(2)13-10-9-12-3/h11H,4-10H2,1-3H3. The highest BCUT2D eigenvalue weighted by Crippen LogP contribution is 2.07. The van der Waals surface area contributed by atoms with Gasteiger partial charge in [0.1, 0.15) is 0 Å². The van der Waals surface area contributed by atoms with Crippen molar-refractivity contribution in [1.82, 2.24) is 0 Å². The molecule has 0 aliphatic carbocycles. The zero-order valence-corrected chi connectivity index (χ0v) is 9.34. The van der Waals surface area contributed by atoms with Crippen LogP contribution in [0.1, 0.15) is 46.0 Å². The van der Waals surface area contributed by atoms with Gasteiger partial charge >= 0.3 is 0 Å². The summed E-state index contributed by atoms with van der Waals surface area (Å²) in [5.74, 6) is 0. The largest absolute Gasteiger partial charge is 0.382 e. The van der Waals surface area contributed by atoms with Gasteiger partial charge in [-0.25, -0.2) is 0 Å². The summed E-state index contributed by atoms with van der Waals surface area (Å²) in [7, 11) is 1.70. The van der Waals surface area contributed by atoms with Crippen LogP contribution in [0, 0.1) is 0 Å². The Bertz CT molecular complexity index is 94.1. The Balaban J connectivity index is 3.05. The fraction of sp³-hybridized carbons (Fsp3) is 1.00. The molecule has 0 aromatic carbocycles. The van der Waals surface area contributed by atoms with Crippen LogP contribution in [0.3, 0.4) is 0 Å². The Hall–Kier alpha value is -0.0800. The number of ether oxygens (including phenoxy) is 2. The van der Waals surface area contributed by atoms with E-state index in [1.54, 1.807) is 7.11 Å². The third-order valence-corrected chi connectivity index (χ3v) is 2.15. The molecular formula is C11H24O2. The molecule has 1 unspecified atom stereocenters. The van der Waals surface area contributed by atoms with E-state index in [1.807, 2.05) is 0 Å². The number of methoxy groups -OCH3 is 1. The van der Waals surface area contributed by atoms with Crippen LogP contribution < -0.4 is 0 Å².